The van der Waals surface area contributed by atoms with Crippen LogP contribution in [0.2, 0.25) is 0 Å². The summed E-state index contributed by atoms with van der Waals surface area (Å²) in [6, 6.07) is 5.50. The summed E-state index contributed by atoms with van der Waals surface area (Å²) >= 11 is 0. The number of nitrogens with one attached hydrogen (secondary N) is 1. The minimum Gasteiger partial charge on any atom is -0.440 e. The molecule has 26 heavy (non-hydrogen) atoms. The third kappa shape index (κ3) is 3.79. The second kappa shape index (κ2) is 6.94. The Bertz CT molecular complexity index is 840. The summed E-state index contributed by atoms with van der Waals surface area (Å²) in [5.74, 6) is 0.488. The largest absolute Gasteiger partial charge is 0.440 e. The van der Waals surface area contributed by atoms with Crippen molar-refractivity contribution in [1.29, 1.82) is 0 Å². The van der Waals surface area contributed by atoms with Crippen LogP contribution in [0.1, 0.15) is 39.5 Å². The van der Waals surface area contributed by atoms with Crippen LogP contribution in [0.25, 0.3) is 11.1 Å². The van der Waals surface area contributed by atoms with Gasteiger partial charge in [-0.3, -0.25) is 9.59 Å². The van der Waals surface area contributed by atoms with Gasteiger partial charge in [0.2, 0.25) is 17.7 Å². The number of hydrogen-bond acceptors (Lipinski definition) is 4. The van der Waals surface area contributed by atoms with Crippen molar-refractivity contribution in [1.82, 2.24) is 9.88 Å². The molecule has 1 aliphatic rings. The zero-order valence-electron chi connectivity index (χ0n) is 15.5. The Hall–Kier alpha value is -2.63. The summed E-state index contributed by atoms with van der Waals surface area (Å²) in [7, 11) is 0. The first-order valence-corrected chi connectivity index (χ1v) is 8.91. The van der Waals surface area contributed by atoms with E-state index in [4.69, 9.17) is 4.42 Å². The van der Waals surface area contributed by atoms with E-state index >= 15 is 0 Å². The number of fused-ring (bicyclic) bond motifs is 1. The molecule has 2 heterocycles. The lowest BCUT2D eigenvalue weighted by Gasteiger charge is -2.30. The molecule has 1 aliphatic heterocycles. The first-order valence-electron chi connectivity index (χ1n) is 8.91. The van der Waals surface area contributed by atoms with Crippen molar-refractivity contribution in [2.45, 2.75) is 39.0 Å². The molecule has 3 rings (SSSR count). The molecule has 0 unspecified atom stereocenters. The van der Waals surface area contributed by atoms with E-state index in [1.165, 1.54) is 6.08 Å². The molecule has 138 valence electrons. The Morgan fingerprint density at radius 3 is 2.62 bits per heavy atom. The van der Waals surface area contributed by atoms with E-state index in [0.29, 0.717) is 43.1 Å². The van der Waals surface area contributed by atoms with E-state index in [2.05, 4.69) is 16.9 Å². The van der Waals surface area contributed by atoms with Crippen molar-refractivity contribution in [3.05, 3.63) is 36.7 Å². The summed E-state index contributed by atoms with van der Waals surface area (Å²) in [5.41, 5.74) is 1.99. The van der Waals surface area contributed by atoms with Crippen LogP contribution in [0.4, 0.5) is 5.69 Å². The van der Waals surface area contributed by atoms with Gasteiger partial charge in [-0.2, -0.15) is 0 Å². The molecule has 0 spiro atoms. The molecule has 6 heteroatoms. The second-order valence-electron chi connectivity index (χ2n) is 7.74. The molecule has 0 aliphatic carbocycles. The van der Waals surface area contributed by atoms with Crippen LogP contribution in [-0.4, -0.2) is 34.8 Å². The predicted octanol–water partition coefficient (Wildman–Crippen LogP) is 3.49. The van der Waals surface area contributed by atoms with Crippen LogP contribution in [0.5, 0.6) is 0 Å². The van der Waals surface area contributed by atoms with Crippen molar-refractivity contribution in [3.8, 4) is 0 Å². The summed E-state index contributed by atoms with van der Waals surface area (Å²) in [6.45, 7) is 10.8. The minimum atomic E-state index is -0.167. The molecule has 2 aromatic rings. The van der Waals surface area contributed by atoms with Gasteiger partial charge in [-0.1, -0.05) is 27.4 Å². The van der Waals surface area contributed by atoms with Crippen LogP contribution in [-0.2, 0) is 15.0 Å². The number of hydrogen-bond donors (Lipinski definition) is 1. The summed E-state index contributed by atoms with van der Waals surface area (Å²) < 4.78 is 5.78. The molecular formula is C20H25N3O3. The molecule has 0 atom stereocenters. The Labute approximate surface area is 153 Å². The number of amides is 2. The number of nitrogens with zero attached hydrogens (tertiary/aromatic N) is 2. The number of benzene rings is 1. The maximum absolute atomic E-state index is 12.5. The smallest absolute Gasteiger partial charge is 0.245 e. The zero-order valence-corrected chi connectivity index (χ0v) is 15.5. The standard InChI is InChI=1S/C20H25N3O3/c1-5-17(24)23-10-8-13(9-11-23)18(25)21-14-6-7-16-15(12-14)22-19(26-16)20(2,3)4/h5-7,12-13H,1,8-11H2,2-4H3,(H,21,25). The topological polar surface area (TPSA) is 75.4 Å². The van der Waals surface area contributed by atoms with E-state index in [1.54, 1.807) is 4.90 Å². The van der Waals surface area contributed by atoms with Gasteiger partial charge in [0.1, 0.15) is 5.52 Å². The van der Waals surface area contributed by atoms with Gasteiger partial charge in [-0.25, -0.2) is 4.98 Å². The molecule has 1 aromatic carbocycles. The molecule has 2 amide bonds. The molecule has 0 radical (unpaired) electrons. The zero-order chi connectivity index (χ0) is 18.9. The van der Waals surface area contributed by atoms with Crippen molar-refractivity contribution >= 4 is 28.6 Å². The number of carbonyl (C=O) groups excluding carboxylic acids is 2. The number of piperidine rings is 1. The molecule has 1 aromatic heterocycles. The third-order valence-corrected chi connectivity index (χ3v) is 4.65. The van der Waals surface area contributed by atoms with Gasteiger partial charge in [0.15, 0.2) is 5.58 Å². The number of rotatable bonds is 3. The molecule has 0 saturated carbocycles. The SMILES string of the molecule is C=CC(=O)N1CCC(C(=O)Nc2ccc3oc(C(C)(C)C)nc3c2)CC1. The maximum atomic E-state index is 12.5. The summed E-state index contributed by atoms with van der Waals surface area (Å²) in [6.07, 6.45) is 2.64. The van der Waals surface area contributed by atoms with Crippen molar-refractivity contribution in [3.63, 3.8) is 0 Å². The number of aromatic nitrogens is 1. The first kappa shape index (κ1) is 18.2. The lowest BCUT2D eigenvalue weighted by molar-refractivity contribution is -0.130. The van der Waals surface area contributed by atoms with Gasteiger partial charge < -0.3 is 14.6 Å². The van der Waals surface area contributed by atoms with Crippen molar-refractivity contribution in [2.75, 3.05) is 18.4 Å². The quantitative estimate of drug-likeness (QED) is 0.855. The molecule has 6 nitrogen and oxygen atoms in total. The fourth-order valence-electron chi connectivity index (χ4n) is 3.06. The number of likely N-dealkylation sites (tertiary alicyclic amines) is 1. The van der Waals surface area contributed by atoms with Gasteiger partial charge in [0, 0.05) is 30.1 Å². The normalized spacial score (nSPS) is 15.9. The van der Waals surface area contributed by atoms with Crippen molar-refractivity contribution in [2.24, 2.45) is 5.92 Å². The van der Waals surface area contributed by atoms with Gasteiger partial charge in [0.05, 0.1) is 0 Å². The van der Waals surface area contributed by atoms with E-state index in [9.17, 15) is 9.59 Å². The van der Waals surface area contributed by atoms with E-state index < -0.39 is 0 Å². The van der Waals surface area contributed by atoms with E-state index in [1.807, 2.05) is 39.0 Å². The van der Waals surface area contributed by atoms with E-state index in [0.717, 1.165) is 5.52 Å². The van der Waals surface area contributed by atoms with E-state index in [-0.39, 0.29) is 23.1 Å². The molecule has 0 bridgehead atoms. The average molecular weight is 355 g/mol. The Kier molecular flexibility index (Phi) is 4.85. The highest BCUT2D eigenvalue weighted by Crippen LogP contribution is 2.28. The molecule has 1 saturated heterocycles. The summed E-state index contributed by atoms with van der Waals surface area (Å²) in [5, 5.41) is 2.97. The average Bonchev–Trinajstić information content (AvgIpc) is 3.05. The highest BCUT2D eigenvalue weighted by atomic mass is 16.3. The fourth-order valence-corrected chi connectivity index (χ4v) is 3.06. The number of oxazole rings is 1. The van der Waals surface area contributed by atoms with Gasteiger partial charge in [-0.15, -0.1) is 0 Å². The third-order valence-electron chi connectivity index (χ3n) is 4.65. The van der Waals surface area contributed by atoms with Gasteiger partial charge in [0.25, 0.3) is 0 Å². The van der Waals surface area contributed by atoms with Crippen LogP contribution >= 0.6 is 0 Å². The first-order chi connectivity index (χ1) is 12.3. The Morgan fingerprint density at radius 2 is 2.00 bits per heavy atom. The molecule has 1 N–H and O–H groups in total. The van der Waals surface area contributed by atoms with Crippen molar-refractivity contribution < 1.29 is 14.0 Å². The van der Waals surface area contributed by atoms with Crippen LogP contribution in [0.15, 0.2) is 35.3 Å². The van der Waals surface area contributed by atoms with Gasteiger partial charge in [-0.05, 0) is 37.1 Å². The highest BCUT2D eigenvalue weighted by molar-refractivity contribution is 5.94. The fraction of sp³-hybridized carbons (Fsp3) is 0.450. The number of carbonyl (C=O) groups is 2. The lowest BCUT2D eigenvalue weighted by atomic mass is 9.95. The van der Waals surface area contributed by atoms with Crippen LogP contribution < -0.4 is 5.32 Å². The molecular weight excluding hydrogens is 330 g/mol. The summed E-state index contributed by atoms with van der Waals surface area (Å²) in [4.78, 5) is 30.4. The second-order valence-corrected chi connectivity index (χ2v) is 7.74. The Morgan fingerprint density at radius 1 is 1.31 bits per heavy atom. The monoisotopic (exact) mass is 355 g/mol. The Balaban J connectivity index is 1.66. The highest BCUT2D eigenvalue weighted by Gasteiger charge is 2.27. The number of anilines is 1. The maximum Gasteiger partial charge on any atom is 0.245 e. The predicted molar refractivity (Wildman–Crippen MR) is 101 cm³/mol. The lowest BCUT2D eigenvalue weighted by Crippen LogP contribution is -2.40. The van der Waals surface area contributed by atoms with Crippen LogP contribution in [0, 0.1) is 5.92 Å². The van der Waals surface area contributed by atoms with Crippen LogP contribution in [0.3, 0.4) is 0 Å². The van der Waals surface area contributed by atoms with Gasteiger partial charge >= 0.3 is 0 Å². The minimum absolute atomic E-state index is 0.0189. The molecule has 1 fully saturated rings.